The van der Waals surface area contributed by atoms with Crippen molar-refractivity contribution in [2.75, 3.05) is 0 Å². The van der Waals surface area contributed by atoms with Crippen molar-refractivity contribution in [3.8, 4) is 0 Å². The van der Waals surface area contributed by atoms with E-state index in [0.29, 0.717) is 17.4 Å². The van der Waals surface area contributed by atoms with Crippen LogP contribution in [0.15, 0.2) is 36.4 Å². The number of carbonyl (C=O) groups is 1. The number of hydrogen-bond donors (Lipinski definition) is 0. The second kappa shape index (κ2) is 5.32. The Balaban J connectivity index is 1.70. The third-order valence-electron chi connectivity index (χ3n) is 5.07. The second-order valence-electron chi connectivity index (χ2n) is 7.01. The van der Waals surface area contributed by atoms with Gasteiger partial charge in [-0.05, 0) is 68.6 Å². The molecule has 0 aliphatic heterocycles. The van der Waals surface area contributed by atoms with Crippen LogP contribution in [0.1, 0.15) is 61.9 Å². The van der Waals surface area contributed by atoms with Crippen molar-refractivity contribution in [3.05, 3.63) is 47.5 Å². The van der Waals surface area contributed by atoms with Gasteiger partial charge in [0, 0.05) is 0 Å². The summed E-state index contributed by atoms with van der Waals surface area (Å²) < 4.78 is 5.54. The van der Waals surface area contributed by atoms with Gasteiger partial charge in [-0.25, -0.2) is 4.79 Å². The van der Waals surface area contributed by atoms with E-state index in [2.05, 4.69) is 24.3 Å². The number of ether oxygens (including phenoxy) is 1. The van der Waals surface area contributed by atoms with Crippen LogP contribution >= 0.6 is 0 Å². The summed E-state index contributed by atoms with van der Waals surface area (Å²) in [7, 11) is 0. The molecule has 2 aliphatic carbocycles. The molecule has 2 bridgehead atoms. The van der Waals surface area contributed by atoms with Crippen LogP contribution in [0.3, 0.4) is 0 Å². The smallest absolute Gasteiger partial charge is 0.338 e. The molecule has 0 amide bonds. The maximum Gasteiger partial charge on any atom is 0.338 e. The fourth-order valence-corrected chi connectivity index (χ4v) is 3.41. The lowest BCUT2D eigenvalue weighted by molar-refractivity contribution is -0.00243. The zero-order chi connectivity index (χ0) is 15.0. The van der Waals surface area contributed by atoms with E-state index < -0.39 is 5.60 Å². The summed E-state index contributed by atoms with van der Waals surface area (Å²) in [5.74, 6) is 1.89. The molecular formula is C19H24O2. The zero-order valence-electron chi connectivity index (χ0n) is 13.1. The Labute approximate surface area is 127 Å². The quantitative estimate of drug-likeness (QED) is 0.591. The number of hydrogen-bond acceptors (Lipinski definition) is 2. The SMILES string of the molecule is CCC(C)(C)OC(=O)c1ccc(C2CC3C=CC2C3)cc1. The van der Waals surface area contributed by atoms with Crippen LogP contribution in [0.2, 0.25) is 0 Å². The van der Waals surface area contributed by atoms with Gasteiger partial charge >= 0.3 is 5.97 Å². The van der Waals surface area contributed by atoms with E-state index in [1.54, 1.807) is 0 Å². The standard InChI is InChI=1S/C19H24O2/c1-4-19(2,3)21-18(20)15-9-7-14(8-10-15)17-12-13-5-6-16(17)11-13/h5-10,13,16-17H,4,11-12H2,1-3H3. The van der Waals surface area contributed by atoms with Gasteiger partial charge in [0.15, 0.2) is 0 Å². The summed E-state index contributed by atoms with van der Waals surface area (Å²) in [6.45, 7) is 5.92. The van der Waals surface area contributed by atoms with Gasteiger partial charge in [0.1, 0.15) is 5.60 Å². The molecule has 0 aromatic heterocycles. The van der Waals surface area contributed by atoms with E-state index in [9.17, 15) is 4.79 Å². The number of allylic oxidation sites excluding steroid dienone is 2. The fourth-order valence-electron chi connectivity index (χ4n) is 3.41. The molecule has 3 atom stereocenters. The van der Waals surface area contributed by atoms with Gasteiger partial charge in [0.05, 0.1) is 5.56 Å². The number of rotatable bonds is 4. The van der Waals surface area contributed by atoms with Gasteiger partial charge < -0.3 is 4.74 Å². The van der Waals surface area contributed by atoms with Crippen LogP contribution < -0.4 is 0 Å². The zero-order valence-corrected chi connectivity index (χ0v) is 13.1. The first-order valence-electron chi connectivity index (χ1n) is 8.00. The molecule has 1 fully saturated rings. The third kappa shape index (κ3) is 2.90. The molecule has 0 spiro atoms. The van der Waals surface area contributed by atoms with E-state index >= 15 is 0 Å². The van der Waals surface area contributed by atoms with E-state index in [4.69, 9.17) is 4.74 Å². The third-order valence-corrected chi connectivity index (χ3v) is 5.07. The number of esters is 1. The molecule has 2 heteroatoms. The van der Waals surface area contributed by atoms with Crippen molar-refractivity contribution in [1.29, 1.82) is 0 Å². The largest absolute Gasteiger partial charge is 0.456 e. The van der Waals surface area contributed by atoms with Gasteiger partial charge in [0.25, 0.3) is 0 Å². The lowest BCUT2D eigenvalue weighted by Crippen LogP contribution is -2.27. The molecule has 21 heavy (non-hydrogen) atoms. The molecule has 3 unspecified atom stereocenters. The molecule has 0 heterocycles. The van der Waals surface area contributed by atoms with Gasteiger partial charge in [-0.2, -0.15) is 0 Å². The van der Waals surface area contributed by atoms with Gasteiger partial charge in [-0.3, -0.25) is 0 Å². The van der Waals surface area contributed by atoms with Crippen molar-refractivity contribution in [1.82, 2.24) is 0 Å². The highest BCUT2D eigenvalue weighted by molar-refractivity contribution is 5.89. The van der Waals surface area contributed by atoms with Crippen LogP contribution in [0.5, 0.6) is 0 Å². The van der Waals surface area contributed by atoms with Crippen molar-refractivity contribution < 1.29 is 9.53 Å². The first-order valence-corrected chi connectivity index (χ1v) is 8.00. The Morgan fingerprint density at radius 1 is 1.19 bits per heavy atom. The molecule has 1 aromatic carbocycles. The average molecular weight is 284 g/mol. The Hall–Kier alpha value is -1.57. The van der Waals surface area contributed by atoms with Crippen molar-refractivity contribution >= 4 is 5.97 Å². The van der Waals surface area contributed by atoms with Gasteiger partial charge in [-0.15, -0.1) is 0 Å². The molecule has 3 rings (SSSR count). The van der Waals surface area contributed by atoms with E-state index in [0.717, 1.165) is 12.3 Å². The summed E-state index contributed by atoms with van der Waals surface area (Å²) >= 11 is 0. The van der Waals surface area contributed by atoms with Crippen molar-refractivity contribution in [2.45, 2.75) is 51.6 Å². The molecule has 0 N–H and O–H groups in total. The van der Waals surface area contributed by atoms with Crippen molar-refractivity contribution in [3.63, 3.8) is 0 Å². The summed E-state index contributed by atoms with van der Waals surface area (Å²) in [4.78, 5) is 12.1. The molecule has 2 aliphatic rings. The Kier molecular flexibility index (Phi) is 3.64. The summed E-state index contributed by atoms with van der Waals surface area (Å²) in [5.41, 5.74) is 1.61. The maximum atomic E-state index is 12.1. The monoisotopic (exact) mass is 284 g/mol. The molecule has 0 radical (unpaired) electrons. The minimum Gasteiger partial charge on any atom is -0.456 e. The lowest BCUT2D eigenvalue weighted by atomic mass is 9.86. The van der Waals surface area contributed by atoms with E-state index in [-0.39, 0.29) is 5.97 Å². The number of fused-ring (bicyclic) bond motifs is 2. The molecule has 1 aromatic rings. The summed E-state index contributed by atoms with van der Waals surface area (Å²) in [5, 5.41) is 0. The molecule has 0 saturated heterocycles. The van der Waals surface area contributed by atoms with E-state index in [1.165, 1.54) is 18.4 Å². The molecular weight excluding hydrogens is 260 g/mol. The van der Waals surface area contributed by atoms with Gasteiger partial charge in [0.2, 0.25) is 0 Å². The highest BCUT2D eigenvalue weighted by Gasteiger charge is 2.36. The Morgan fingerprint density at radius 2 is 1.90 bits per heavy atom. The average Bonchev–Trinajstić information content (AvgIpc) is 3.10. The van der Waals surface area contributed by atoms with Crippen molar-refractivity contribution in [2.24, 2.45) is 11.8 Å². The highest BCUT2D eigenvalue weighted by Crippen LogP contribution is 2.48. The first-order chi connectivity index (χ1) is 9.98. The first kappa shape index (κ1) is 14.4. The summed E-state index contributed by atoms with van der Waals surface area (Å²) in [6.07, 6.45) is 8.10. The minimum atomic E-state index is -0.398. The Bertz CT molecular complexity index is 553. The van der Waals surface area contributed by atoms with Crippen LogP contribution in [0.25, 0.3) is 0 Å². The van der Waals surface area contributed by atoms with E-state index in [1.807, 2.05) is 32.9 Å². The predicted octanol–water partition coefficient (Wildman–Crippen LogP) is 4.71. The maximum absolute atomic E-state index is 12.1. The highest BCUT2D eigenvalue weighted by atomic mass is 16.6. The fraction of sp³-hybridized carbons (Fsp3) is 0.526. The second-order valence-corrected chi connectivity index (χ2v) is 7.01. The normalized spacial score (nSPS) is 27.1. The summed E-state index contributed by atoms with van der Waals surface area (Å²) in [6, 6.07) is 8.04. The minimum absolute atomic E-state index is 0.221. The number of carbonyl (C=O) groups excluding carboxylic acids is 1. The molecule has 1 saturated carbocycles. The Morgan fingerprint density at radius 3 is 2.43 bits per heavy atom. The molecule has 2 nitrogen and oxygen atoms in total. The van der Waals surface area contributed by atoms with Crippen LogP contribution in [0.4, 0.5) is 0 Å². The van der Waals surface area contributed by atoms with Gasteiger partial charge in [-0.1, -0.05) is 31.2 Å². The predicted molar refractivity (Wildman–Crippen MR) is 84.3 cm³/mol. The lowest BCUT2D eigenvalue weighted by Gasteiger charge is -2.23. The topological polar surface area (TPSA) is 26.3 Å². The molecule has 112 valence electrons. The van der Waals surface area contributed by atoms with Crippen LogP contribution in [-0.4, -0.2) is 11.6 Å². The number of benzene rings is 1. The van der Waals surface area contributed by atoms with Crippen LogP contribution in [0, 0.1) is 11.8 Å². The van der Waals surface area contributed by atoms with Crippen LogP contribution in [-0.2, 0) is 4.74 Å².